The normalized spacial score (nSPS) is 11.0. The van der Waals surface area contributed by atoms with Gasteiger partial charge in [-0.2, -0.15) is 9.59 Å². The number of aromatic nitrogens is 1. The second-order valence-corrected chi connectivity index (χ2v) is 8.04. The number of fused-ring (bicyclic) bond motifs is 1. The molecule has 0 bridgehead atoms. The van der Waals surface area contributed by atoms with Crippen LogP contribution in [-0.2, 0) is 9.59 Å². The van der Waals surface area contributed by atoms with Crippen LogP contribution in [0.4, 0.5) is 5.69 Å². The maximum atomic E-state index is 12.9. The third-order valence-corrected chi connectivity index (χ3v) is 5.40. The molecular weight excluding hydrogens is 462 g/mol. The number of nitrogens with two attached hydrogens (primary N) is 1. The van der Waals surface area contributed by atoms with E-state index in [1.54, 1.807) is 25.3 Å². The predicted molar refractivity (Wildman–Crippen MR) is 136 cm³/mol. The Kier molecular flexibility index (Phi) is 11.2. The van der Waals surface area contributed by atoms with Crippen LogP contribution in [0.15, 0.2) is 42.5 Å². The molecule has 0 aliphatic carbocycles. The summed E-state index contributed by atoms with van der Waals surface area (Å²) in [6.07, 6.45) is 2.96. The van der Waals surface area contributed by atoms with E-state index in [0.29, 0.717) is 48.1 Å². The van der Waals surface area contributed by atoms with Crippen molar-refractivity contribution in [1.82, 2.24) is 10.3 Å². The van der Waals surface area contributed by atoms with Gasteiger partial charge in [-0.15, -0.1) is 0 Å². The number of nitrogens with one attached hydrogen (secondary N) is 1. The molecule has 0 spiro atoms. The number of rotatable bonds is 11. The molecule has 1 amide bonds. The number of hydrogen-bond acceptors (Lipinski definition) is 8. The maximum absolute atomic E-state index is 12.9. The van der Waals surface area contributed by atoms with Crippen molar-refractivity contribution in [3.63, 3.8) is 0 Å². The zero-order chi connectivity index (χ0) is 26.5. The van der Waals surface area contributed by atoms with Crippen LogP contribution in [0.2, 0.25) is 0 Å². The summed E-state index contributed by atoms with van der Waals surface area (Å²) in [7, 11) is 1.57. The first kappa shape index (κ1) is 28.1. The molecule has 0 saturated heterocycles. The molecule has 1 atom stereocenters. The number of benzene rings is 2. The van der Waals surface area contributed by atoms with Crippen molar-refractivity contribution >= 4 is 28.6 Å². The first-order valence-electron chi connectivity index (χ1n) is 11.8. The molecule has 9 nitrogen and oxygen atoms in total. The minimum absolute atomic E-state index is 0.182. The van der Waals surface area contributed by atoms with Gasteiger partial charge >= 0.3 is 6.15 Å². The number of amides is 1. The van der Waals surface area contributed by atoms with E-state index in [4.69, 9.17) is 29.5 Å². The third kappa shape index (κ3) is 7.71. The van der Waals surface area contributed by atoms with Gasteiger partial charge in [-0.05, 0) is 56.2 Å². The summed E-state index contributed by atoms with van der Waals surface area (Å²) < 4.78 is 17.2. The van der Waals surface area contributed by atoms with E-state index in [0.717, 1.165) is 29.4 Å². The fraction of sp³-hybridized carbons (Fsp3) is 0.370. The number of nitrogens with zero attached hydrogens (tertiary/aromatic N) is 1. The molecule has 1 unspecified atom stereocenters. The number of carbonyl (C=O) groups excluding carboxylic acids is 3. The number of ether oxygens (including phenoxy) is 3. The Hall–Kier alpha value is -4.10. The van der Waals surface area contributed by atoms with E-state index >= 15 is 0 Å². The highest BCUT2D eigenvalue weighted by atomic mass is 16.5. The van der Waals surface area contributed by atoms with Gasteiger partial charge in [-0.3, -0.25) is 9.78 Å². The Bertz CT molecular complexity index is 1190. The molecule has 2 aromatic carbocycles. The zero-order valence-corrected chi connectivity index (χ0v) is 21.1. The molecule has 0 radical (unpaired) electrons. The number of carbonyl (C=O) groups is 1. The molecular formula is C27H33N3O6. The molecule has 0 aliphatic rings. The van der Waals surface area contributed by atoms with Crippen molar-refractivity contribution in [2.45, 2.75) is 46.1 Å². The highest BCUT2D eigenvalue weighted by molar-refractivity contribution is 5.96. The largest absolute Gasteiger partial charge is 0.493 e. The van der Waals surface area contributed by atoms with Crippen LogP contribution in [0.5, 0.6) is 17.2 Å². The van der Waals surface area contributed by atoms with Crippen molar-refractivity contribution in [3.05, 3.63) is 53.7 Å². The molecule has 3 aromatic rings. The van der Waals surface area contributed by atoms with Gasteiger partial charge in [0.05, 0.1) is 30.7 Å². The fourth-order valence-corrected chi connectivity index (χ4v) is 3.52. The summed E-state index contributed by atoms with van der Waals surface area (Å²) >= 11 is 0. The first-order valence-corrected chi connectivity index (χ1v) is 11.8. The Labute approximate surface area is 210 Å². The van der Waals surface area contributed by atoms with Crippen LogP contribution < -0.4 is 25.3 Å². The molecule has 0 saturated carbocycles. The van der Waals surface area contributed by atoms with Gasteiger partial charge in [0.15, 0.2) is 11.5 Å². The van der Waals surface area contributed by atoms with E-state index < -0.39 is 0 Å². The van der Waals surface area contributed by atoms with Gasteiger partial charge in [0.1, 0.15) is 12.4 Å². The fourth-order valence-electron chi connectivity index (χ4n) is 3.52. The van der Waals surface area contributed by atoms with Crippen molar-refractivity contribution in [2.24, 2.45) is 0 Å². The van der Waals surface area contributed by atoms with Crippen molar-refractivity contribution < 1.29 is 28.6 Å². The lowest BCUT2D eigenvalue weighted by atomic mass is 10.1. The lowest BCUT2D eigenvalue weighted by molar-refractivity contribution is -0.191. The highest BCUT2D eigenvalue weighted by Crippen LogP contribution is 2.31. The van der Waals surface area contributed by atoms with Gasteiger partial charge in [0, 0.05) is 16.9 Å². The van der Waals surface area contributed by atoms with Crippen LogP contribution in [0.3, 0.4) is 0 Å². The minimum Gasteiger partial charge on any atom is -0.493 e. The average Bonchev–Trinajstić information content (AvgIpc) is 2.86. The van der Waals surface area contributed by atoms with E-state index in [1.807, 2.05) is 38.1 Å². The van der Waals surface area contributed by atoms with E-state index in [-0.39, 0.29) is 18.1 Å². The zero-order valence-electron chi connectivity index (χ0n) is 21.1. The molecule has 0 aliphatic heterocycles. The van der Waals surface area contributed by atoms with Crippen molar-refractivity contribution in [3.8, 4) is 17.2 Å². The smallest absolute Gasteiger partial charge is 0.373 e. The molecule has 192 valence electrons. The highest BCUT2D eigenvalue weighted by Gasteiger charge is 2.17. The first-order chi connectivity index (χ1) is 17.4. The lowest BCUT2D eigenvalue weighted by Crippen LogP contribution is -2.38. The SMILES string of the molecule is CCCCOc1ccc(C(=O)NC(CC)COc2cccc3nc(C)cc(N)c23)cc1OC.O=C=O. The van der Waals surface area contributed by atoms with Crippen LogP contribution in [0.25, 0.3) is 10.9 Å². The van der Waals surface area contributed by atoms with Gasteiger partial charge in [0.2, 0.25) is 0 Å². The summed E-state index contributed by atoms with van der Waals surface area (Å²) in [4.78, 5) is 33.7. The summed E-state index contributed by atoms with van der Waals surface area (Å²) in [6.45, 7) is 6.94. The second kappa shape index (κ2) is 14.3. The number of pyridine rings is 1. The summed E-state index contributed by atoms with van der Waals surface area (Å²) in [5, 5.41) is 3.83. The standard InChI is InChI=1S/C26H33N3O4.CO2/c1-5-7-13-32-22-12-11-18(15-24(22)31-4)26(30)29-19(6-2)16-33-23-10-8-9-21-25(23)20(27)14-17(3)28-21;2-1-3/h8-12,14-15,19H,5-7,13,16H2,1-4H3,(H2,27,28)(H,29,30);. The Morgan fingerprint density at radius 1 is 1.08 bits per heavy atom. The van der Waals surface area contributed by atoms with Crippen LogP contribution in [-0.4, -0.2) is 43.4 Å². The van der Waals surface area contributed by atoms with Crippen LogP contribution >= 0.6 is 0 Å². The Balaban J connectivity index is 0.00000145. The van der Waals surface area contributed by atoms with E-state index in [9.17, 15) is 4.79 Å². The maximum Gasteiger partial charge on any atom is 0.373 e. The number of nitrogen functional groups attached to an aromatic ring is 1. The van der Waals surface area contributed by atoms with Gasteiger partial charge in [-0.25, -0.2) is 0 Å². The lowest BCUT2D eigenvalue weighted by Gasteiger charge is -2.19. The van der Waals surface area contributed by atoms with E-state index in [1.165, 1.54) is 0 Å². The Morgan fingerprint density at radius 3 is 2.50 bits per heavy atom. The summed E-state index contributed by atoms with van der Waals surface area (Å²) in [5.74, 6) is 1.63. The van der Waals surface area contributed by atoms with Crippen LogP contribution in [0, 0.1) is 6.92 Å². The third-order valence-electron chi connectivity index (χ3n) is 5.40. The second-order valence-electron chi connectivity index (χ2n) is 8.04. The quantitative estimate of drug-likeness (QED) is 0.376. The molecule has 3 rings (SSSR count). The van der Waals surface area contributed by atoms with E-state index in [2.05, 4.69) is 17.2 Å². The molecule has 36 heavy (non-hydrogen) atoms. The number of methoxy groups -OCH3 is 1. The molecule has 3 N–H and O–H groups in total. The van der Waals surface area contributed by atoms with Gasteiger partial charge < -0.3 is 25.3 Å². The Morgan fingerprint density at radius 2 is 1.83 bits per heavy atom. The molecule has 1 heterocycles. The van der Waals surface area contributed by atoms with Gasteiger partial charge in [0.25, 0.3) is 5.91 Å². The van der Waals surface area contributed by atoms with Gasteiger partial charge in [-0.1, -0.05) is 26.3 Å². The predicted octanol–water partition coefficient (Wildman–Crippen LogP) is 4.32. The molecule has 9 heteroatoms. The molecule has 1 aromatic heterocycles. The minimum atomic E-state index is -0.196. The van der Waals surface area contributed by atoms with Crippen molar-refractivity contribution in [2.75, 3.05) is 26.1 Å². The van der Waals surface area contributed by atoms with Crippen LogP contribution in [0.1, 0.15) is 49.2 Å². The monoisotopic (exact) mass is 495 g/mol. The number of aryl methyl sites for hydroxylation is 1. The molecule has 0 fully saturated rings. The number of unbranched alkanes of at least 4 members (excludes halogenated alkanes) is 1. The van der Waals surface area contributed by atoms with Crippen molar-refractivity contribution in [1.29, 1.82) is 0 Å². The average molecular weight is 496 g/mol. The summed E-state index contributed by atoms with van der Waals surface area (Å²) in [5.41, 5.74) is 8.99. The number of hydrogen-bond donors (Lipinski definition) is 2. The topological polar surface area (TPSA) is 130 Å². The summed E-state index contributed by atoms with van der Waals surface area (Å²) in [6, 6.07) is 12.5. The number of anilines is 1.